The Hall–Kier alpha value is -2.03. The minimum Gasteiger partial charge on any atom is -0.294 e. The Balaban J connectivity index is 0.000000771. The molecule has 0 aliphatic carbocycles. The molecule has 0 atom stereocenters. The average molecular weight is 242 g/mol. The lowest BCUT2D eigenvalue weighted by Crippen LogP contribution is -1.97. The molecule has 0 bridgehead atoms. The van der Waals surface area contributed by atoms with Gasteiger partial charge in [-0.15, -0.1) is 0 Å². The zero-order valence-electron chi connectivity index (χ0n) is 11.1. The summed E-state index contributed by atoms with van der Waals surface area (Å²) in [6, 6.07) is 9.28. The second-order valence-electron chi connectivity index (χ2n) is 3.42. The Kier molecular flexibility index (Phi) is 5.71. The van der Waals surface area contributed by atoms with E-state index >= 15 is 0 Å². The molecule has 0 amide bonds. The van der Waals surface area contributed by atoms with Crippen LogP contribution in [0.5, 0.6) is 0 Å². The third-order valence-electron chi connectivity index (χ3n) is 2.33. The van der Waals surface area contributed by atoms with E-state index in [1.165, 1.54) is 0 Å². The fraction of sp³-hybridized carbons (Fsp3) is 0.267. The molecule has 18 heavy (non-hydrogen) atoms. The van der Waals surface area contributed by atoms with Crippen molar-refractivity contribution in [1.82, 2.24) is 9.97 Å². The van der Waals surface area contributed by atoms with Gasteiger partial charge in [0.15, 0.2) is 5.78 Å². The van der Waals surface area contributed by atoms with Crippen molar-refractivity contribution in [2.45, 2.75) is 27.2 Å². The Labute approximate surface area is 108 Å². The van der Waals surface area contributed by atoms with Crippen LogP contribution in [0, 0.1) is 0 Å². The number of ketones is 1. The summed E-state index contributed by atoms with van der Waals surface area (Å²) in [5.41, 5.74) is 2.26. The molecule has 2 heterocycles. The van der Waals surface area contributed by atoms with E-state index in [0.717, 1.165) is 11.4 Å². The number of carbonyl (C=O) groups excluding carboxylic acids is 1. The third kappa shape index (κ3) is 3.48. The molecule has 0 aliphatic rings. The van der Waals surface area contributed by atoms with Crippen LogP contribution < -0.4 is 0 Å². The van der Waals surface area contributed by atoms with Crippen molar-refractivity contribution in [3.8, 4) is 11.4 Å². The second kappa shape index (κ2) is 7.33. The lowest BCUT2D eigenvalue weighted by Gasteiger charge is -2.01. The zero-order valence-corrected chi connectivity index (χ0v) is 11.1. The average Bonchev–Trinajstić information content (AvgIpc) is 2.49. The molecular weight excluding hydrogens is 224 g/mol. The molecule has 0 aromatic carbocycles. The largest absolute Gasteiger partial charge is 0.294 e. The molecule has 0 fully saturated rings. The first-order valence-corrected chi connectivity index (χ1v) is 6.22. The first-order valence-electron chi connectivity index (χ1n) is 6.22. The summed E-state index contributed by atoms with van der Waals surface area (Å²) in [5, 5.41) is 0. The van der Waals surface area contributed by atoms with Gasteiger partial charge in [0, 0.05) is 24.4 Å². The summed E-state index contributed by atoms with van der Waals surface area (Å²) >= 11 is 0. The van der Waals surface area contributed by atoms with E-state index in [-0.39, 0.29) is 5.78 Å². The molecule has 3 nitrogen and oxygen atoms in total. The third-order valence-corrected chi connectivity index (χ3v) is 2.33. The van der Waals surface area contributed by atoms with E-state index in [9.17, 15) is 4.79 Å². The van der Waals surface area contributed by atoms with E-state index in [0.29, 0.717) is 12.0 Å². The molecule has 0 saturated carbocycles. The van der Waals surface area contributed by atoms with Crippen LogP contribution in [0.2, 0.25) is 0 Å². The molecule has 0 unspecified atom stereocenters. The van der Waals surface area contributed by atoms with Crippen LogP contribution >= 0.6 is 0 Å². The maximum atomic E-state index is 11.4. The number of rotatable bonds is 3. The monoisotopic (exact) mass is 242 g/mol. The Morgan fingerprint density at radius 2 is 1.78 bits per heavy atom. The number of carbonyl (C=O) groups is 1. The van der Waals surface area contributed by atoms with Gasteiger partial charge in [-0.1, -0.05) is 26.8 Å². The molecule has 0 aliphatic heterocycles. The Morgan fingerprint density at radius 3 is 2.28 bits per heavy atom. The SMILES string of the molecule is CC.CCC(=O)c1ccc(-c2ccccn2)nc1. The van der Waals surface area contributed by atoms with Crippen LogP contribution in [0.4, 0.5) is 0 Å². The number of hydrogen-bond acceptors (Lipinski definition) is 3. The lowest BCUT2D eigenvalue weighted by molar-refractivity contribution is 0.0988. The molecular formula is C15H18N2O. The molecule has 2 aromatic heterocycles. The Bertz CT molecular complexity index is 478. The molecule has 0 saturated heterocycles. The minimum atomic E-state index is 0.111. The van der Waals surface area contributed by atoms with Crippen LogP contribution in [0.3, 0.4) is 0 Å². The number of Topliss-reactive ketones (excluding diaryl/α,β-unsaturated/α-hetero) is 1. The highest BCUT2D eigenvalue weighted by Gasteiger charge is 2.04. The van der Waals surface area contributed by atoms with Gasteiger partial charge in [-0.2, -0.15) is 0 Å². The smallest absolute Gasteiger partial charge is 0.164 e. The van der Waals surface area contributed by atoms with Crippen LogP contribution in [0.15, 0.2) is 42.7 Å². The van der Waals surface area contributed by atoms with E-state index < -0.39 is 0 Å². The van der Waals surface area contributed by atoms with Gasteiger partial charge in [0.05, 0.1) is 11.4 Å². The van der Waals surface area contributed by atoms with E-state index in [1.807, 2.05) is 45.0 Å². The van der Waals surface area contributed by atoms with Gasteiger partial charge in [-0.05, 0) is 24.3 Å². The van der Waals surface area contributed by atoms with Crippen molar-refractivity contribution in [2.24, 2.45) is 0 Å². The fourth-order valence-corrected chi connectivity index (χ4v) is 1.43. The highest BCUT2D eigenvalue weighted by Crippen LogP contribution is 2.13. The van der Waals surface area contributed by atoms with Gasteiger partial charge in [0.1, 0.15) is 0 Å². The van der Waals surface area contributed by atoms with Crippen molar-refractivity contribution < 1.29 is 4.79 Å². The normalized spacial score (nSPS) is 9.28. The summed E-state index contributed by atoms with van der Waals surface area (Å²) in [4.78, 5) is 19.8. The number of hydrogen-bond donors (Lipinski definition) is 0. The van der Waals surface area contributed by atoms with Crippen molar-refractivity contribution in [2.75, 3.05) is 0 Å². The number of aromatic nitrogens is 2. The van der Waals surface area contributed by atoms with Crippen molar-refractivity contribution in [3.05, 3.63) is 48.3 Å². The van der Waals surface area contributed by atoms with Gasteiger partial charge < -0.3 is 0 Å². The maximum absolute atomic E-state index is 11.4. The van der Waals surface area contributed by atoms with Crippen molar-refractivity contribution in [3.63, 3.8) is 0 Å². The number of pyridine rings is 2. The maximum Gasteiger partial charge on any atom is 0.164 e. The first-order chi connectivity index (χ1) is 8.81. The highest BCUT2D eigenvalue weighted by atomic mass is 16.1. The van der Waals surface area contributed by atoms with Crippen LogP contribution in [-0.2, 0) is 0 Å². The summed E-state index contributed by atoms with van der Waals surface area (Å²) < 4.78 is 0. The van der Waals surface area contributed by atoms with Gasteiger partial charge in [-0.25, -0.2) is 0 Å². The molecule has 0 radical (unpaired) electrons. The first kappa shape index (κ1) is 14.0. The molecule has 2 aromatic rings. The van der Waals surface area contributed by atoms with Crippen LogP contribution in [0.25, 0.3) is 11.4 Å². The molecule has 3 heteroatoms. The standard InChI is InChI=1S/C13H12N2O.C2H6/c1-2-13(16)10-6-7-12(15-9-10)11-5-3-4-8-14-11;1-2/h3-9H,2H2,1H3;1-2H3. The Morgan fingerprint density at radius 1 is 1.06 bits per heavy atom. The minimum absolute atomic E-state index is 0.111. The van der Waals surface area contributed by atoms with Gasteiger partial charge in [0.25, 0.3) is 0 Å². The predicted octanol–water partition coefficient (Wildman–Crippen LogP) is 3.76. The number of nitrogens with zero attached hydrogens (tertiary/aromatic N) is 2. The summed E-state index contributed by atoms with van der Waals surface area (Å²) in [6.45, 7) is 5.84. The van der Waals surface area contributed by atoms with E-state index in [2.05, 4.69) is 9.97 Å². The highest BCUT2D eigenvalue weighted by molar-refractivity contribution is 5.95. The van der Waals surface area contributed by atoms with E-state index in [1.54, 1.807) is 18.5 Å². The van der Waals surface area contributed by atoms with Gasteiger partial charge in [0.2, 0.25) is 0 Å². The molecule has 0 N–H and O–H groups in total. The molecule has 2 rings (SSSR count). The van der Waals surface area contributed by atoms with Crippen LogP contribution in [0.1, 0.15) is 37.6 Å². The van der Waals surface area contributed by atoms with Crippen LogP contribution in [-0.4, -0.2) is 15.8 Å². The van der Waals surface area contributed by atoms with Gasteiger partial charge in [-0.3, -0.25) is 14.8 Å². The summed E-state index contributed by atoms with van der Waals surface area (Å²) in [6.07, 6.45) is 3.84. The quantitative estimate of drug-likeness (QED) is 0.769. The fourth-order valence-electron chi connectivity index (χ4n) is 1.43. The lowest BCUT2D eigenvalue weighted by atomic mass is 10.1. The second-order valence-corrected chi connectivity index (χ2v) is 3.42. The van der Waals surface area contributed by atoms with Gasteiger partial charge >= 0.3 is 0 Å². The predicted molar refractivity (Wildman–Crippen MR) is 73.4 cm³/mol. The van der Waals surface area contributed by atoms with Crippen molar-refractivity contribution in [1.29, 1.82) is 0 Å². The van der Waals surface area contributed by atoms with E-state index in [4.69, 9.17) is 0 Å². The molecule has 94 valence electrons. The molecule has 0 spiro atoms. The van der Waals surface area contributed by atoms with Crippen molar-refractivity contribution >= 4 is 5.78 Å². The summed E-state index contributed by atoms with van der Waals surface area (Å²) in [7, 11) is 0. The topological polar surface area (TPSA) is 42.9 Å². The summed E-state index contributed by atoms with van der Waals surface area (Å²) in [5.74, 6) is 0.111. The zero-order chi connectivity index (χ0) is 13.4.